The van der Waals surface area contributed by atoms with Gasteiger partial charge in [0.1, 0.15) is 5.82 Å². The van der Waals surface area contributed by atoms with E-state index >= 15 is 0 Å². The predicted molar refractivity (Wildman–Crippen MR) is 79.2 cm³/mol. The monoisotopic (exact) mass is 292 g/mol. The molecule has 6 heteroatoms. The molecular formula is C14H17ClN4O. The molecule has 0 saturated carbocycles. The van der Waals surface area contributed by atoms with Gasteiger partial charge in [-0.25, -0.2) is 4.98 Å². The Morgan fingerprint density at radius 2 is 2.05 bits per heavy atom. The average Bonchev–Trinajstić information content (AvgIpc) is 2.83. The first-order chi connectivity index (χ1) is 9.27. The van der Waals surface area contributed by atoms with E-state index in [9.17, 15) is 4.79 Å². The van der Waals surface area contributed by atoms with Gasteiger partial charge in [-0.05, 0) is 24.6 Å². The van der Waals surface area contributed by atoms with Gasteiger partial charge < -0.3 is 5.32 Å². The number of nitrogens with zero attached hydrogens (tertiary/aromatic N) is 2. The minimum atomic E-state index is -0.385. The van der Waals surface area contributed by atoms with Crippen LogP contribution in [0.4, 0.5) is 5.69 Å². The number of carbonyl (C=O) groups is 1. The van der Waals surface area contributed by atoms with Gasteiger partial charge in [-0.1, -0.05) is 38.4 Å². The first kappa shape index (κ1) is 14.5. The van der Waals surface area contributed by atoms with Crippen molar-refractivity contribution in [3.8, 4) is 0 Å². The Morgan fingerprint density at radius 1 is 1.35 bits per heavy atom. The lowest BCUT2D eigenvalue weighted by molar-refractivity contribution is 0.101. The van der Waals surface area contributed by atoms with Crippen LogP contribution < -0.4 is 5.32 Å². The summed E-state index contributed by atoms with van der Waals surface area (Å²) in [5.74, 6) is 0.384. The Hall–Kier alpha value is -1.88. The van der Waals surface area contributed by atoms with Crippen LogP contribution >= 0.6 is 11.6 Å². The van der Waals surface area contributed by atoms with Crippen LogP contribution in [0, 0.1) is 6.92 Å². The highest BCUT2D eigenvalue weighted by atomic mass is 35.5. The van der Waals surface area contributed by atoms with Gasteiger partial charge in [0.05, 0.1) is 10.7 Å². The first-order valence-corrected chi connectivity index (χ1v) is 6.65. The maximum atomic E-state index is 12.1. The van der Waals surface area contributed by atoms with E-state index in [0.717, 1.165) is 5.56 Å². The van der Waals surface area contributed by atoms with Crippen molar-refractivity contribution >= 4 is 23.2 Å². The fourth-order valence-electron chi connectivity index (χ4n) is 1.61. The van der Waals surface area contributed by atoms with Crippen LogP contribution in [0.1, 0.15) is 42.8 Å². The molecule has 0 spiro atoms. The van der Waals surface area contributed by atoms with Crippen molar-refractivity contribution in [3.05, 3.63) is 40.4 Å². The molecule has 2 N–H and O–H groups in total. The largest absolute Gasteiger partial charge is 0.318 e. The van der Waals surface area contributed by atoms with E-state index in [2.05, 4.69) is 20.5 Å². The fraction of sp³-hybridized carbons (Fsp3) is 0.357. The van der Waals surface area contributed by atoms with E-state index in [-0.39, 0.29) is 17.1 Å². The third kappa shape index (κ3) is 3.17. The van der Waals surface area contributed by atoms with E-state index in [1.165, 1.54) is 0 Å². The lowest BCUT2D eigenvalue weighted by atomic mass is 9.96. The zero-order valence-corrected chi connectivity index (χ0v) is 12.7. The molecule has 0 saturated heterocycles. The molecule has 0 radical (unpaired) electrons. The van der Waals surface area contributed by atoms with Crippen LogP contribution in [-0.4, -0.2) is 21.1 Å². The third-order valence-corrected chi connectivity index (χ3v) is 3.10. The van der Waals surface area contributed by atoms with Crippen LogP contribution in [-0.2, 0) is 5.41 Å². The van der Waals surface area contributed by atoms with Gasteiger partial charge >= 0.3 is 0 Å². The molecule has 0 fully saturated rings. The molecule has 1 amide bonds. The number of benzene rings is 1. The number of rotatable bonds is 2. The molecule has 0 atom stereocenters. The number of carbonyl (C=O) groups excluding carboxylic acids is 1. The lowest BCUT2D eigenvalue weighted by Gasteiger charge is -2.12. The molecule has 20 heavy (non-hydrogen) atoms. The predicted octanol–water partition coefficient (Wildman–Crippen LogP) is 3.32. The molecule has 106 valence electrons. The van der Waals surface area contributed by atoms with E-state index in [0.29, 0.717) is 16.5 Å². The van der Waals surface area contributed by atoms with Crippen molar-refractivity contribution in [3.63, 3.8) is 0 Å². The molecule has 2 aromatic rings. The topological polar surface area (TPSA) is 70.7 Å². The second kappa shape index (κ2) is 5.25. The van der Waals surface area contributed by atoms with Gasteiger partial charge in [-0.15, -0.1) is 5.10 Å². The van der Waals surface area contributed by atoms with E-state index in [4.69, 9.17) is 11.6 Å². The molecular weight excluding hydrogens is 276 g/mol. The molecule has 1 aromatic carbocycles. The van der Waals surface area contributed by atoms with E-state index in [1.54, 1.807) is 12.1 Å². The quantitative estimate of drug-likeness (QED) is 0.892. The van der Waals surface area contributed by atoms with Gasteiger partial charge in [0.2, 0.25) is 5.82 Å². The molecule has 0 bridgehead atoms. The van der Waals surface area contributed by atoms with Crippen LogP contribution in [0.3, 0.4) is 0 Å². The summed E-state index contributed by atoms with van der Waals surface area (Å²) in [5.41, 5.74) is 1.38. The standard InChI is InChI=1S/C14H17ClN4O/c1-8-5-6-9(15)10(7-8)16-12(20)11-17-13(19-18-11)14(2,3)4/h5-7H,1-4H3,(H,16,20)(H,17,18,19). The summed E-state index contributed by atoms with van der Waals surface area (Å²) in [6.07, 6.45) is 0. The highest BCUT2D eigenvalue weighted by molar-refractivity contribution is 6.33. The summed E-state index contributed by atoms with van der Waals surface area (Å²) in [6, 6.07) is 5.42. The first-order valence-electron chi connectivity index (χ1n) is 6.28. The number of anilines is 1. The molecule has 0 aliphatic heterocycles. The van der Waals surface area contributed by atoms with Crippen molar-refractivity contribution in [1.29, 1.82) is 0 Å². The van der Waals surface area contributed by atoms with Crippen molar-refractivity contribution in [2.45, 2.75) is 33.1 Å². The average molecular weight is 293 g/mol. The number of H-pyrrole nitrogens is 1. The highest BCUT2D eigenvalue weighted by Crippen LogP contribution is 2.23. The number of aromatic nitrogens is 3. The van der Waals surface area contributed by atoms with Crippen LogP contribution in [0.2, 0.25) is 5.02 Å². The summed E-state index contributed by atoms with van der Waals surface area (Å²) in [7, 11) is 0. The Kier molecular flexibility index (Phi) is 3.81. The van der Waals surface area contributed by atoms with Crippen molar-refractivity contribution in [2.24, 2.45) is 0 Å². The van der Waals surface area contributed by atoms with Gasteiger partial charge in [-0.2, -0.15) is 0 Å². The summed E-state index contributed by atoms with van der Waals surface area (Å²) in [4.78, 5) is 16.3. The summed E-state index contributed by atoms with van der Waals surface area (Å²) >= 11 is 6.04. The zero-order valence-electron chi connectivity index (χ0n) is 11.9. The van der Waals surface area contributed by atoms with E-state index < -0.39 is 0 Å². The van der Waals surface area contributed by atoms with Crippen molar-refractivity contribution < 1.29 is 4.79 Å². The molecule has 0 aliphatic carbocycles. The van der Waals surface area contributed by atoms with Gasteiger partial charge in [0.25, 0.3) is 5.91 Å². The van der Waals surface area contributed by atoms with Gasteiger partial charge in [-0.3, -0.25) is 9.89 Å². The number of nitrogens with one attached hydrogen (secondary N) is 2. The fourth-order valence-corrected chi connectivity index (χ4v) is 1.78. The number of aromatic amines is 1. The second-order valence-electron chi connectivity index (χ2n) is 5.70. The Balaban J connectivity index is 2.20. The second-order valence-corrected chi connectivity index (χ2v) is 6.10. The summed E-state index contributed by atoms with van der Waals surface area (Å²) in [5, 5.41) is 9.92. The van der Waals surface area contributed by atoms with Crippen molar-refractivity contribution in [1.82, 2.24) is 15.2 Å². The minimum Gasteiger partial charge on any atom is -0.318 e. The molecule has 1 aromatic heterocycles. The van der Waals surface area contributed by atoms with Crippen LogP contribution in [0.5, 0.6) is 0 Å². The molecule has 1 heterocycles. The summed E-state index contributed by atoms with van der Waals surface area (Å²) < 4.78 is 0. The number of hydrogen-bond donors (Lipinski definition) is 2. The SMILES string of the molecule is Cc1ccc(Cl)c(NC(=O)c2n[nH]c(C(C)(C)C)n2)c1. The minimum absolute atomic E-state index is 0.104. The third-order valence-electron chi connectivity index (χ3n) is 2.77. The molecule has 5 nitrogen and oxygen atoms in total. The zero-order chi connectivity index (χ0) is 14.9. The number of hydrogen-bond acceptors (Lipinski definition) is 3. The van der Waals surface area contributed by atoms with Gasteiger partial charge in [0, 0.05) is 5.41 Å². The highest BCUT2D eigenvalue weighted by Gasteiger charge is 2.21. The molecule has 0 aliphatic rings. The maximum absolute atomic E-state index is 12.1. The van der Waals surface area contributed by atoms with Crippen LogP contribution in [0.25, 0.3) is 0 Å². The van der Waals surface area contributed by atoms with E-state index in [1.807, 2.05) is 33.8 Å². The number of halogens is 1. The number of aryl methyl sites for hydroxylation is 1. The Bertz CT molecular complexity index is 643. The summed E-state index contributed by atoms with van der Waals surface area (Å²) in [6.45, 7) is 7.91. The van der Waals surface area contributed by atoms with Crippen LogP contribution in [0.15, 0.2) is 18.2 Å². The van der Waals surface area contributed by atoms with Crippen molar-refractivity contribution in [2.75, 3.05) is 5.32 Å². The smallest absolute Gasteiger partial charge is 0.295 e. The maximum Gasteiger partial charge on any atom is 0.295 e. The Labute approximate surface area is 122 Å². The lowest BCUT2D eigenvalue weighted by Crippen LogP contribution is -2.16. The normalized spacial score (nSPS) is 11.4. The Morgan fingerprint density at radius 3 is 2.65 bits per heavy atom. The number of amides is 1. The molecule has 2 rings (SSSR count). The van der Waals surface area contributed by atoms with Gasteiger partial charge in [0.15, 0.2) is 0 Å². The molecule has 0 unspecified atom stereocenters.